The molecule has 146 valence electrons. The number of likely N-dealkylation sites (N-methyl/N-ethyl adjacent to an activating group) is 1. The van der Waals surface area contributed by atoms with Crippen molar-refractivity contribution in [1.82, 2.24) is 24.9 Å². The van der Waals surface area contributed by atoms with Gasteiger partial charge in [-0.1, -0.05) is 44.2 Å². The summed E-state index contributed by atoms with van der Waals surface area (Å²) in [4.78, 5) is 14.7. The lowest BCUT2D eigenvalue weighted by molar-refractivity contribution is 0.0479. The molecule has 0 spiro atoms. The first-order valence-corrected chi connectivity index (χ1v) is 10.0. The third-order valence-electron chi connectivity index (χ3n) is 5.76. The monoisotopic (exact) mass is 368 g/mol. The minimum atomic E-state index is 0.0729. The zero-order chi connectivity index (χ0) is 19.0. The van der Waals surface area contributed by atoms with Gasteiger partial charge in [0.1, 0.15) is 0 Å². The summed E-state index contributed by atoms with van der Waals surface area (Å²) in [5.74, 6) is 1.74. The highest BCUT2D eigenvalue weighted by molar-refractivity contribution is 5.99. The molecule has 1 fully saturated rings. The van der Waals surface area contributed by atoms with Crippen molar-refractivity contribution in [2.45, 2.75) is 32.7 Å². The lowest BCUT2D eigenvalue weighted by atomic mass is 10.0. The van der Waals surface area contributed by atoms with Gasteiger partial charge in [-0.15, -0.1) is 0 Å². The van der Waals surface area contributed by atoms with E-state index in [4.69, 9.17) is 4.99 Å². The molecule has 1 saturated heterocycles. The summed E-state index contributed by atoms with van der Waals surface area (Å²) in [6.45, 7) is 9.45. The van der Waals surface area contributed by atoms with Crippen LogP contribution in [0.5, 0.6) is 0 Å². The minimum absolute atomic E-state index is 0.0729. The quantitative estimate of drug-likeness (QED) is 0.877. The van der Waals surface area contributed by atoms with Crippen LogP contribution in [0.2, 0.25) is 0 Å². The molecule has 6 nitrogen and oxygen atoms in total. The van der Waals surface area contributed by atoms with Gasteiger partial charge in [0.15, 0.2) is 12.1 Å². The molecule has 0 aromatic heterocycles. The van der Waals surface area contributed by atoms with Crippen molar-refractivity contribution in [3.8, 4) is 0 Å². The van der Waals surface area contributed by atoms with E-state index in [0.717, 1.165) is 38.7 Å². The normalized spacial score (nSPS) is 26.3. The van der Waals surface area contributed by atoms with E-state index >= 15 is 0 Å². The number of nitrogens with one attached hydrogen (secondary N) is 1. The molecule has 0 amide bonds. The average Bonchev–Trinajstić information content (AvgIpc) is 3.01. The first kappa shape index (κ1) is 18.3. The highest BCUT2D eigenvalue weighted by Gasteiger charge is 2.40. The van der Waals surface area contributed by atoms with Gasteiger partial charge in [-0.05, 0) is 11.5 Å². The highest BCUT2D eigenvalue weighted by atomic mass is 15.5. The Kier molecular flexibility index (Phi) is 5.10. The van der Waals surface area contributed by atoms with Crippen LogP contribution in [0.25, 0.3) is 0 Å². The summed E-state index contributed by atoms with van der Waals surface area (Å²) in [6, 6.07) is 11.3. The van der Waals surface area contributed by atoms with Crippen LogP contribution in [0, 0.1) is 5.92 Å². The maximum absolute atomic E-state index is 5.19. The number of fused-ring (bicyclic) bond motifs is 1. The van der Waals surface area contributed by atoms with Gasteiger partial charge in [0, 0.05) is 52.5 Å². The summed E-state index contributed by atoms with van der Waals surface area (Å²) in [6.07, 6.45) is 2.33. The molecule has 3 aliphatic rings. The molecular weight excluding hydrogens is 336 g/mol. The number of amidine groups is 1. The van der Waals surface area contributed by atoms with Crippen molar-refractivity contribution >= 4 is 5.84 Å². The summed E-state index contributed by atoms with van der Waals surface area (Å²) < 4.78 is 0. The van der Waals surface area contributed by atoms with Gasteiger partial charge in [-0.3, -0.25) is 4.90 Å². The molecule has 0 bridgehead atoms. The number of hydrogen-bond acceptors (Lipinski definition) is 6. The Morgan fingerprint density at radius 3 is 2.70 bits per heavy atom. The number of benzene rings is 1. The van der Waals surface area contributed by atoms with E-state index in [9.17, 15) is 0 Å². The van der Waals surface area contributed by atoms with Gasteiger partial charge in [0.05, 0.1) is 12.4 Å². The predicted octanol–water partition coefficient (Wildman–Crippen LogP) is 1.79. The zero-order valence-corrected chi connectivity index (χ0v) is 17.0. The molecule has 0 radical (unpaired) electrons. The second-order valence-corrected chi connectivity index (χ2v) is 8.32. The van der Waals surface area contributed by atoms with Gasteiger partial charge in [0.2, 0.25) is 0 Å². The first-order valence-electron chi connectivity index (χ1n) is 10.0. The first-order chi connectivity index (χ1) is 13.0. The van der Waals surface area contributed by atoms with Gasteiger partial charge >= 0.3 is 0 Å². The SMILES string of the molecule is CC(C)C1CN(C2N=C3C(=CN(C)CN3C)N2Cc2ccccc2)CCN1. The molecule has 6 heteroatoms. The van der Waals surface area contributed by atoms with Gasteiger partial charge in [-0.25, -0.2) is 4.99 Å². The summed E-state index contributed by atoms with van der Waals surface area (Å²) in [5, 5.41) is 3.67. The molecule has 4 rings (SSSR count). The fourth-order valence-corrected chi connectivity index (χ4v) is 4.26. The molecule has 2 atom stereocenters. The van der Waals surface area contributed by atoms with Crippen molar-refractivity contribution in [3.63, 3.8) is 0 Å². The molecule has 1 aromatic rings. The fraction of sp³-hybridized carbons (Fsp3) is 0.571. The van der Waals surface area contributed by atoms with Crippen LogP contribution in [0.3, 0.4) is 0 Å². The third kappa shape index (κ3) is 3.69. The van der Waals surface area contributed by atoms with Crippen molar-refractivity contribution in [1.29, 1.82) is 0 Å². The van der Waals surface area contributed by atoms with Crippen molar-refractivity contribution in [2.75, 3.05) is 40.4 Å². The zero-order valence-electron chi connectivity index (χ0n) is 17.0. The smallest absolute Gasteiger partial charge is 0.181 e. The summed E-state index contributed by atoms with van der Waals surface area (Å²) in [5.41, 5.74) is 2.56. The molecular formula is C21H32N6. The van der Waals surface area contributed by atoms with Crippen LogP contribution in [-0.2, 0) is 6.54 Å². The minimum Gasteiger partial charge on any atom is -0.361 e. The molecule has 1 aromatic carbocycles. The van der Waals surface area contributed by atoms with Crippen LogP contribution in [-0.4, -0.2) is 78.2 Å². The van der Waals surface area contributed by atoms with E-state index in [2.05, 4.69) is 89.4 Å². The maximum Gasteiger partial charge on any atom is 0.181 e. The summed E-state index contributed by atoms with van der Waals surface area (Å²) in [7, 11) is 4.27. The van der Waals surface area contributed by atoms with Crippen LogP contribution in [0.15, 0.2) is 47.2 Å². The molecule has 27 heavy (non-hydrogen) atoms. The maximum atomic E-state index is 5.19. The van der Waals surface area contributed by atoms with E-state index in [1.165, 1.54) is 11.3 Å². The van der Waals surface area contributed by atoms with Crippen LogP contribution >= 0.6 is 0 Å². The number of nitrogens with zero attached hydrogens (tertiary/aromatic N) is 5. The molecule has 3 heterocycles. The lowest BCUT2D eigenvalue weighted by Gasteiger charge is -2.41. The van der Waals surface area contributed by atoms with E-state index < -0.39 is 0 Å². The van der Waals surface area contributed by atoms with E-state index in [1.807, 2.05) is 0 Å². The Labute approximate surface area is 163 Å². The van der Waals surface area contributed by atoms with Crippen molar-refractivity contribution in [2.24, 2.45) is 10.9 Å². The Hall–Kier alpha value is -2.05. The molecule has 3 aliphatic heterocycles. The fourth-order valence-electron chi connectivity index (χ4n) is 4.26. The second-order valence-electron chi connectivity index (χ2n) is 8.32. The number of aliphatic imine (C=N–C) groups is 1. The largest absolute Gasteiger partial charge is 0.361 e. The van der Waals surface area contributed by atoms with Gasteiger partial charge < -0.3 is 20.0 Å². The second kappa shape index (κ2) is 7.52. The average molecular weight is 369 g/mol. The third-order valence-corrected chi connectivity index (χ3v) is 5.76. The van der Waals surface area contributed by atoms with Crippen LogP contribution in [0.4, 0.5) is 0 Å². The highest BCUT2D eigenvalue weighted by Crippen LogP contribution is 2.30. The van der Waals surface area contributed by atoms with E-state index in [1.54, 1.807) is 0 Å². The molecule has 1 N–H and O–H groups in total. The summed E-state index contributed by atoms with van der Waals surface area (Å²) >= 11 is 0. The van der Waals surface area contributed by atoms with Gasteiger partial charge in [-0.2, -0.15) is 0 Å². The van der Waals surface area contributed by atoms with Crippen LogP contribution < -0.4 is 5.32 Å². The lowest BCUT2D eigenvalue weighted by Crippen LogP contribution is -2.58. The molecule has 0 saturated carbocycles. The van der Waals surface area contributed by atoms with Gasteiger partial charge in [0.25, 0.3) is 0 Å². The predicted molar refractivity (Wildman–Crippen MR) is 110 cm³/mol. The van der Waals surface area contributed by atoms with Crippen LogP contribution in [0.1, 0.15) is 19.4 Å². The number of hydrogen-bond donors (Lipinski definition) is 1. The number of rotatable bonds is 4. The number of piperazine rings is 1. The molecule has 2 unspecified atom stereocenters. The van der Waals surface area contributed by atoms with E-state index in [0.29, 0.717) is 12.0 Å². The Morgan fingerprint density at radius 1 is 1.19 bits per heavy atom. The standard InChI is InChI=1S/C21H32N6/c1-16(2)18-13-26(11-10-22-18)21-23-20-19(14-24(3)15-25(20)4)27(21)12-17-8-6-5-7-9-17/h5-9,14,16,18,21-22H,10-13,15H2,1-4H3. The van der Waals surface area contributed by atoms with Crippen molar-refractivity contribution < 1.29 is 0 Å². The topological polar surface area (TPSA) is 37.4 Å². The Balaban J connectivity index is 1.64. The Morgan fingerprint density at radius 2 is 1.96 bits per heavy atom. The van der Waals surface area contributed by atoms with Crippen molar-refractivity contribution in [3.05, 3.63) is 47.8 Å². The van der Waals surface area contributed by atoms with E-state index in [-0.39, 0.29) is 6.29 Å². The Bertz CT molecular complexity index is 713. The molecule has 0 aliphatic carbocycles.